The summed E-state index contributed by atoms with van der Waals surface area (Å²) in [5.74, 6) is -2.98. The minimum absolute atomic E-state index is 0.116. The summed E-state index contributed by atoms with van der Waals surface area (Å²) in [6.45, 7) is 0.547. The number of phenols is 1. The van der Waals surface area contributed by atoms with Gasteiger partial charge in [-0.2, -0.15) is 0 Å². The highest BCUT2D eigenvalue weighted by Crippen LogP contribution is 2.40. The van der Waals surface area contributed by atoms with Crippen LogP contribution < -0.4 is 9.83 Å². The molecule has 2 saturated carbocycles. The number of hydrogen-bond acceptors (Lipinski definition) is 7. The number of rotatable bonds is 9. The fourth-order valence-electron chi connectivity index (χ4n) is 5.31. The van der Waals surface area contributed by atoms with E-state index in [-0.39, 0.29) is 11.4 Å². The highest BCUT2D eigenvalue weighted by Gasteiger charge is 2.44. The lowest BCUT2D eigenvalue weighted by Gasteiger charge is -2.46. The molecule has 3 rings (SSSR count). The van der Waals surface area contributed by atoms with Gasteiger partial charge in [-0.05, 0) is 63.5 Å². The van der Waals surface area contributed by atoms with E-state index in [2.05, 4.69) is 11.8 Å². The standard InChI is InChI=1S/C20H32N2O4S.C4H4O4/c1-22(15-8-3-4-9-15,16-10-5-6-11-16)14-19(23)17-12-7-13-18(20(17)24)21-27(2,25)26;5-3(6)1-2-4(7)8/h7,12-13,15-16,19,21,23H,3-6,8-11,14H2,1-2H3;1-2H,(H,5,6)(H,7,8). The van der Waals surface area contributed by atoms with E-state index in [1.54, 1.807) is 12.1 Å². The van der Waals surface area contributed by atoms with Gasteiger partial charge in [-0.3, -0.25) is 4.72 Å². The number of carbonyl (C=O) groups excluding carboxylic acids is 1. The van der Waals surface area contributed by atoms with Crippen molar-refractivity contribution in [3.8, 4) is 5.75 Å². The molecular formula is C24H36N2O8S. The monoisotopic (exact) mass is 512 g/mol. The summed E-state index contributed by atoms with van der Waals surface area (Å²) < 4.78 is 26.2. The Kier molecular flexibility index (Phi) is 10.1. The molecule has 1 aromatic carbocycles. The van der Waals surface area contributed by atoms with Crippen LogP contribution in [0.15, 0.2) is 30.4 Å². The summed E-state index contributed by atoms with van der Waals surface area (Å²) >= 11 is 0. The molecule has 0 bridgehead atoms. The molecule has 0 heterocycles. The van der Waals surface area contributed by atoms with E-state index in [1.165, 1.54) is 57.4 Å². The number of sulfonamides is 1. The van der Waals surface area contributed by atoms with Crippen LogP contribution in [0.2, 0.25) is 0 Å². The number of para-hydroxylation sites is 1. The molecule has 4 N–H and O–H groups in total. The van der Waals surface area contributed by atoms with Crippen molar-refractivity contribution >= 4 is 27.6 Å². The van der Waals surface area contributed by atoms with Crippen LogP contribution in [-0.4, -0.2) is 72.1 Å². The lowest BCUT2D eigenvalue weighted by atomic mass is 10.00. The first-order valence-corrected chi connectivity index (χ1v) is 13.7. The van der Waals surface area contributed by atoms with Crippen LogP contribution in [0.4, 0.5) is 5.69 Å². The van der Waals surface area contributed by atoms with Gasteiger partial charge in [0.2, 0.25) is 10.0 Å². The Morgan fingerprint density at radius 1 is 1.11 bits per heavy atom. The number of aromatic hydroxyl groups is 1. The quantitative estimate of drug-likeness (QED) is 0.220. The van der Waals surface area contributed by atoms with E-state index in [0.717, 1.165) is 10.7 Å². The molecule has 11 heteroatoms. The molecule has 0 aliphatic heterocycles. The average Bonchev–Trinajstić information content (AvgIpc) is 3.48. The average molecular weight is 513 g/mol. The van der Waals surface area contributed by atoms with Gasteiger partial charge < -0.3 is 29.7 Å². The Hall–Kier alpha value is -2.63. The Balaban J connectivity index is 0.000000466. The molecule has 0 spiro atoms. The predicted molar refractivity (Wildman–Crippen MR) is 129 cm³/mol. The number of likely N-dealkylation sites (N-methyl/N-ethyl adjacent to an activating group) is 1. The van der Waals surface area contributed by atoms with Gasteiger partial charge in [0.1, 0.15) is 18.4 Å². The van der Waals surface area contributed by atoms with Gasteiger partial charge >= 0.3 is 5.97 Å². The SMILES string of the molecule is C[N+](CC(O)c1cccc(NS(C)(=O)=O)c1O)(C1CCCC1)C1CCCC1.O=C([O-])C=CC(=O)O. The fraction of sp³-hybridized carbons (Fsp3) is 0.583. The molecule has 0 radical (unpaired) electrons. The number of quaternary nitrogens is 1. The fourth-order valence-corrected chi connectivity index (χ4v) is 5.87. The van der Waals surface area contributed by atoms with Crippen LogP contribution in [0.25, 0.3) is 0 Å². The number of carboxylic acids is 2. The zero-order valence-corrected chi connectivity index (χ0v) is 21.0. The Bertz CT molecular complexity index is 980. The van der Waals surface area contributed by atoms with Crippen molar-refractivity contribution < 1.29 is 42.9 Å². The summed E-state index contributed by atoms with van der Waals surface area (Å²) in [5, 5.41) is 38.8. The van der Waals surface area contributed by atoms with Crippen molar-refractivity contribution in [2.75, 3.05) is 24.6 Å². The number of phenolic OH excluding ortho intramolecular Hbond substituents is 1. The number of carbonyl (C=O) groups is 2. The molecule has 1 atom stereocenters. The van der Waals surface area contributed by atoms with Crippen LogP contribution in [0.3, 0.4) is 0 Å². The summed E-state index contributed by atoms with van der Waals surface area (Å²) in [5.41, 5.74) is 0.508. The maximum Gasteiger partial charge on any atom is 0.328 e. The second-order valence-electron chi connectivity index (χ2n) is 9.53. The predicted octanol–water partition coefficient (Wildman–Crippen LogP) is 1.51. The van der Waals surface area contributed by atoms with E-state index in [0.29, 0.717) is 36.3 Å². The third-order valence-corrected chi connectivity index (χ3v) is 7.56. The van der Waals surface area contributed by atoms with E-state index >= 15 is 0 Å². The molecular weight excluding hydrogens is 476 g/mol. The number of hydrogen-bond donors (Lipinski definition) is 4. The molecule has 196 valence electrons. The zero-order chi connectivity index (χ0) is 26.2. The number of aliphatic carboxylic acids is 2. The molecule has 0 aromatic heterocycles. The summed E-state index contributed by atoms with van der Waals surface area (Å²) in [6.07, 6.45) is 10.9. The largest absolute Gasteiger partial charge is 0.545 e. The third-order valence-electron chi connectivity index (χ3n) is 6.97. The van der Waals surface area contributed by atoms with Crippen LogP contribution >= 0.6 is 0 Å². The minimum Gasteiger partial charge on any atom is -0.545 e. The first kappa shape index (κ1) is 28.6. The Labute approximate surface area is 206 Å². The zero-order valence-electron chi connectivity index (χ0n) is 20.2. The molecule has 2 fully saturated rings. The molecule has 1 aromatic rings. The van der Waals surface area contributed by atoms with Crippen molar-refractivity contribution in [3.63, 3.8) is 0 Å². The minimum atomic E-state index is -3.50. The normalized spacial score (nSPS) is 18.3. The highest BCUT2D eigenvalue weighted by molar-refractivity contribution is 7.92. The topological polar surface area (TPSA) is 164 Å². The van der Waals surface area contributed by atoms with Gasteiger partial charge in [0.05, 0.1) is 37.0 Å². The maximum absolute atomic E-state index is 11.5. The smallest absolute Gasteiger partial charge is 0.328 e. The van der Waals surface area contributed by atoms with Crippen molar-refractivity contribution in [2.45, 2.75) is 69.6 Å². The van der Waals surface area contributed by atoms with Crippen molar-refractivity contribution in [1.29, 1.82) is 0 Å². The lowest BCUT2D eigenvalue weighted by Crippen LogP contribution is -2.58. The molecule has 10 nitrogen and oxygen atoms in total. The number of aliphatic hydroxyl groups excluding tert-OH is 1. The maximum atomic E-state index is 11.5. The van der Waals surface area contributed by atoms with Crippen LogP contribution in [0.1, 0.15) is 63.0 Å². The van der Waals surface area contributed by atoms with Gasteiger partial charge in [-0.25, -0.2) is 13.2 Å². The third kappa shape index (κ3) is 8.52. The number of anilines is 1. The molecule has 1 unspecified atom stereocenters. The van der Waals surface area contributed by atoms with Gasteiger partial charge in [0.15, 0.2) is 0 Å². The Morgan fingerprint density at radius 2 is 1.63 bits per heavy atom. The van der Waals surface area contributed by atoms with E-state index < -0.39 is 28.1 Å². The van der Waals surface area contributed by atoms with Gasteiger partial charge in [-0.15, -0.1) is 0 Å². The van der Waals surface area contributed by atoms with E-state index in [9.17, 15) is 33.3 Å². The van der Waals surface area contributed by atoms with Crippen molar-refractivity contribution in [3.05, 3.63) is 35.9 Å². The van der Waals surface area contributed by atoms with Crippen LogP contribution in [0, 0.1) is 0 Å². The first-order chi connectivity index (χ1) is 16.3. The van der Waals surface area contributed by atoms with Gasteiger partial charge in [-0.1, -0.05) is 12.1 Å². The number of benzene rings is 1. The Morgan fingerprint density at radius 3 is 2.03 bits per heavy atom. The summed E-state index contributed by atoms with van der Waals surface area (Å²) in [6, 6.07) is 5.97. The molecule has 0 saturated heterocycles. The molecule has 2 aliphatic carbocycles. The number of nitrogens with one attached hydrogen (secondary N) is 1. The van der Waals surface area contributed by atoms with Crippen LogP contribution in [-0.2, 0) is 19.6 Å². The summed E-state index contributed by atoms with van der Waals surface area (Å²) in [4.78, 5) is 19.0. The number of carboxylic acid groups (broad SMARTS) is 2. The van der Waals surface area contributed by atoms with E-state index in [1.807, 2.05) is 0 Å². The first-order valence-electron chi connectivity index (χ1n) is 11.8. The number of aliphatic hydroxyl groups is 1. The lowest BCUT2D eigenvalue weighted by molar-refractivity contribution is -0.958. The highest BCUT2D eigenvalue weighted by atomic mass is 32.2. The van der Waals surface area contributed by atoms with Crippen molar-refractivity contribution in [1.82, 2.24) is 0 Å². The van der Waals surface area contributed by atoms with Crippen molar-refractivity contribution in [2.24, 2.45) is 0 Å². The summed E-state index contributed by atoms with van der Waals surface area (Å²) in [7, 11) is -1.23. The van der Waals surface area contributed by atoms with Gasteiger partial charge in [0, 0.05) is 11.6 Å². The van der Waals surface area contributed by atoms with Gasteiger partial charge in [0.25, 0.3) is 0 Å². The number of nitrogens with zero attached hydrogens (tertiary/aromatic N) is 1. The second kappa shape index (κ2) is 12.4. The van der Waals surface area contributed by atoms with Crippen LogP contribution in [0.5, 0.6) is 5.75 Å². The second-order valence-corrected chi connectivity index (χ2v) is 11.3. The molecule has 2 aliphatic rings. The van der Waals surface area contributed by atoms with E-state index in [4.69, 9.17) is 5.11 Å². The molecule has 0 amide bonds. The molecule has 35 heavy (non-hydrogen) atoms.